The summed E-state index contributed by atoms with van der Waals surface area (Å²) >= 11 is 0. The Morgan fingerprint density at radius 1 is 1.00 bits per heavy atom. The topological polar surface area (TPSA) is 0 Å². The summed E-state index contributed by atoms with van der Waals surface area (Å²) in [6, 6.07) is 13.2. The molecule has 3 rings (SSSR count). The summed E-state index contributed by atoms with van der Waals surface area (Å²) in [7, 11) is 0. The smallest absolute Gasteiger partial charge is 0.0159 e. The van der Waals surface area contributed by atoms with Crippen LogP contribution in [0.3, 0.4) is 0 Å². The van der Waals surface area contributed by atoms with Gasteiger partial charge in [0.15, 0.2) is 0 Å². The minimum Gasteiger partial charge on any atom is -0.0984 e. The van der Waals surface area contributed by atoms with Crippen LogP contribution in [-0.2, 0) is 5.41 Å². The van der Waals surface area contributed by atoms with Crippen LogP contribution >= 0.6 is 0 Å². The molecule has 0 unspecified atom stereocenters. The van der Waals surface area contributed by atoms with E-state index < -0.39 is 0 Å². The molecule has 0 heterocycles. The normalized spacial score (nSPS) is 15.2. The summed E-state index contributed by atoms with van der Waals surface area (Å²) in [5.74, 6) is 0. The second kappa shape index (κ2) is 4.49. The van der Waals surface area contributed by atoms with Crippen LogP contribution in [0.15, 0.2) is 49.1 Å². The first-order valence-electron chi connectivity index (χ1n) is 7.13. The Morgan fingerprint density at radius 2 is 1.75 bits per heavy atom. The fraction of sp³-hybridized carbons (Fsp3) is 0.200. The molecule has 2 aromatic carbocycles. The van der Waals surface area contributed by atoms with Gasteiger partial charge in [-0.3, -0.25) is 0 Å². The van der Waals surface area contributed by atoms with Crippen molar-refractivity contribution in [3.63, 3.8) is 0 Å². The molecule has 0 aliphatic heterocycles. The minimum atomic E-state index is 0.0676. The minimum absolute atomic E-state index is 0.0676. The molecule has 20 heavy (non-hydrogen) atoms. The van der Waals surface area contributed by atoms with E-state index in [0.717, 1.165) is 0 Å². The Labute approximate surface area is 121 Å². The number of allylic oxidation sites excluding steroid dienone is 1. The van der Waals surface area contributed by atoms with E-state index >= 15 is 0 Å². The van der Waals surface area contributed by atoms with E-state index in [1.807, 2.05) is 6.08 Å². The predicted molar refractivity (Wildman–Crippen MR) is 88.8 cm³/mol. The van der Waals surface area contributed by atoms with Crippen molar-refractivity contribution >= 4 is 12.2 Å². The molecule has 0 amide bonds. The van der Waals surface area contributed by atoms with Crippen LogP contribution in [0, 0.1) is 0 Å². The molecular formula is C20H20. The van der Waals surface area contributed by atoms with E-state index in [2.05, 4.69) is 75.9 Å². The fourth-order valence-electron chi connectivity index (χ4n) is 3.38. The lowest BCUT2D eigenvalue weighted by molar-refractivity contribution is 0.660. The molecule has 2 aromatic rings. The summed E-state index contributed by atoms with van der Waals surface area (Å²) in [6.07, 6.45) is 6.23. The molecule has 0 saturated heterocycles. The Hall–Kier alpha value is -2.08. The van der Waals surface area contributed by atoms with Gasteiger partial charge >= 0.3 is 0 Å². The van der Waals surface area contributed by atoms with Gasteiger partial charge < -0.3 is 0 Å². The van der Waals surface area contributed by atoms with Gasteiger partial charge in [-0.1, -0.05) is 75.1 Å². The van der Waals surface area contributed by atoms with Crippen LogP contribution < -0.4 is 0 Å². The molecule has 0 saturated carbocycles. The zero-order chi connectivity index (χ0) is 14.3. The zero-order valence-corrected chi connectivity index (χ0v) is 12.4. The molecule has 0 nitrogen and oxygen atoms in total. The first kappa shape index (κ1) is 12.9. The zero-order valence-electron chi connectivity index (χ0n) is 12.4. The Balaban J connectivity index is 2.42. The second-order valence-electron chi connectivity index (χ2n) is 5.87. The summed E-state index contributed by atoms with van der Waals surface area (Å²) < 4.78 is 0. The highest BCUT2D eigenvalue weighted by molar-refractivity contribution is 5.90. The molecule has 0 aromatic heterocycles. The van der Waals surface area contributed by atoms with Gasteiger partial charge in [-0.15, -0.1) is 0 Å². The average Bonchev–Trinajstić information content (AvgIpc) is 2.69. The molecule has 0 atom stereocenters. The van der Waals surface area contributed by atoms with Crippen LogP contribution in [0.25, 0.3) is 23.3 Å². The summed E-state index contributed by atoms with van der Waals surface area (Å²) in [6.45, 7) is 10.7. The number of hydrogen-bond acceptors (Lipinski definition) is 0. The van der Waals surface area contributed by atoms with Gasteiger partial charge in [0.2, 0.25) is 0 Å². The number of benzene rings is 2. The van der Waals surface area contributed by atoms with E-state index in [1.165, 1.54) is 33.4 Å². The highest BCUT2D eigenvalue weighted by Crippen LogP contribution is 2.50. The van der Waals surface area contributed by atoms with E-state index in [1.54, 1.807) is 0 Å². The molecular weight excluding hydrogens is 240 g/mol. The van der Waals surface area contributed by atoms with E-state index in [0.29, 0.717) is 0 Å². The number of rotatable bonds is 2. The second-order valence-corrected chi connectivity index (χ2v) is 5.87. The average molecular weight is 260 g/mol. The van der Waals surface area contributed by atoms with E-state index in [9.17, 15) is 0 Å². The van der Waals surface area contributed by atoms with Crippen molar-refractivity contribution < 1.29 is 0 Å². The predicted octanol–water partition coefficient (Wildman–Crippen LogP) is 5.67. The van der Waals surface area contributed by atoms with Crippen molar-refractivity contribution in [2.75, 3.05) is 0 Å². The third-order valence-corrected chi connectivity index (χ3v) is 4.37. The standard InChI is InChI=1S/C20H20/c1-5-9-14-12-13-18-19(15(14)6-2)16-10-7-8-11-17(16)20(18,3)4/h5-13H,2H2,1,3-4H3/b9-5-. The molecule has 0 heteroatoms. The molecule has 0 fully saturated rings. The Morgan fingerprint density at radius 3 is 2.45 bits per heavy atom. The quantitative estimate of drug-likeness (QED) is 0.652. The van der Waals surface area contributed by atoms with Gasteiger partial charge in [-0.25, -0.2) is 0 Å². The molecule has 1 aliphatic rings. The lowest BCUT2D eigenvalue weighted by Gasteiger charge is -2.21. The van der Waals surface area contributed by atoms with Crippen molar-refractivity contribution in [3.8, 4) is 11.1 Å². The maximum Gasteiger partial charge on any atom is 0.0159 e. The SMILES string of the molecule is C=Cc1c(/C=C\C)ccc2c1-c1ccccc1C2(C)C. The molecule has 0 radical (unpaired) electrons. The van der Waals surface area contributed by atoms with Gasteiger partial charge in [0.05, 0.1) is 0 Å². The van der Waals surface area contributed by atoms with Gasteiger partial charge in [0.25, 0.3) is 0 Å². The largest absolute Gasteiger partial charge is 0.0984 e. The number of fused-ring (bicyclic) bond motifs is 3. The first-order valence-corrected chi connectivity index (χ1v) is 7.13. The van der Waals surface area contributed by atoms with Crippen molar-refractivity contribution in [1.29, 1.82) is 0 Å². The number of hydrogen-bond donors (Lipinski definition) is 0. The highest BCUT2D eigenvalue weighted by Gasteiger charge is 2.36. The van der Waals surface area contributed by atoms with Crippen LogP contribution in [0.2, 0.25) is 0 Å². The molecule has 0 N–H and O–H groups in total. The van der Waals surface area contributed by atoms with E-state index in [4.69, 9.17) is 0 Å². The molecule has 100 valence electrons. The van der Waals surface area contributed by atoms with Crippen LogP contribution in [0.4, 0.5) is 0 Å². The van der Waals surface area contributed by atoms with Crippen LogP contribution in [0.5, 0.6) is 0 Å². The van der Waals surface area contributed by atoms with Crippen molar-refractivity contribution in [1.82, 2.24) is 0 Å². The van der Waals surface area contributed by atoms with Crippen LogP contribution in [-0.4, -0.2) is 0 Å². The van der Waals surface area contributed by atoms with Gasteiger partial charge in [0, 0.05) is 5.41 Å². The van der Waals surface area contributed by atoms with Crippen LogP contribution in [0.1, 0.15) is 43.0 Å². The monoisotopic (exact) mass is 260 g/mol. The molecule has 0 bridgehead atoms. The Bertz CT molecular complexity index is 715. The lowest BCUT2D eigenvalue weighted by Crippen LogP contribution is -2.14. The summed E-state index contributed by atoms with van der Waals surface area (Å²) in [4.78, 5) is 0. The van der Waals surface area contributed by atoms with Crippen molar-refractivity contribution in [2.45, 2.75) is 26.2 Å². The third kappa shape index (κ3) is 1.61. The van der Waals surface area contributed by atoms with Crippen molar-refractivity contribution in [2.24, 2.45) is 0 Å². The summed E-state index contributed by atoms with van der Waals surface area (Å²) in [5.41, 5.74) is 8.09. The van der Waals surface area contributed by atoms with Gasteiger partial charge in [0.1, 0.15) is 0 Å². The van der Waals surface area contributed by atoms with Gasteiger partial charge in [-0.2, -0.15) is 0 Å². The Kier molecular flexibility index (Phi) is 2.90. The fourth-order valence-corrected chi connectivity index (χ4v) is 3.38. The van der Waals surface area contributed by atoms with E-state index in [-0.39, 0.29) is 5.41 Å². The lowest BCUT2D eigenvalue weighted by atomic mass is 9.82. The summed E-state index contributed by atoms with van der Waals surface area (Å²) in [5, 5.41) is 0. The molecule has 0 spiro atoms. The van der Waals surface area contributed by atoms with Crippen molar-refractivity contribution in [3.05, 3.63) is 71.3 Å². The molecule has 1 aliphatic carbocycles. The van der Waals surface area contributed by atoms with Gasteiger partial charge in [-0.05, 0) is 40.3 Å². The first-order chi connectivity index (χ1) is 9.61. The maximum absolute atomic E-state index is 4.04. The third-order valence-electron chi connectivity index (χ3n) is 4.37. The maximum atomic E-state index is 4.04. The highest BCUT2D eigenvalue weighted by atomic mass is 14.4.